The van der Waals surface area contributed by atoms with Crippen molar-refractivity contribution in [1.29, 1.82) is 0 Å². The highest BCUT2D eigenvalue weighted by molar-refractivity contribution is 5.71. The number of nitrogens with one attached hydrogen (secondary N) is 1. The van der Waals surface area contributed by atoms with Crippen LogP contribution in [0, 0.1) is 13.8 Å². The molecule has 1 aromatic heterocycles. The topological polar surface area (TPSA) is 34.4 Å². The van der Waals surface area contributed by atoms with Gasteiger partial charge in [0, 0.05) is 11.6 Å². The summed E-state index contributed by atoms with van der Waals surface area (Å²) in [5.74, 6) is 1.91. The van der Waals surface area contributed by atoms with Gasteiger partial charge in [-0.2, -0.15) is 0 Å². The van der Waals surface area contributed by atoms with Gasteiger partial charge in [0.25, 0.3) is 0 Å². The lowest BCUT2D eigenvalue weighted by molar-refractivity contribution is 0.411. The van der Waals surface area contributed by atoms with E-state index in [1.165, 1.54) is 11.1 Å². The van der Waals surface area contributed by atoms with Crippen LogP contribution in [-0.4, -0.2) is 13.2 Å². The minimum absolute atomic E-state index is 0.437. The van der Waals surface area contributed by atoms with Crippen LogP contribution in [0.15, 0.2) is 28.9 Å². The van der Waals surface area contributed by atoms with Gasteiger partial charge in [-0.3, -0.25) is 0 Å². The Morgan fingerprint density at radius 2 is 1.90 bits per heavy atom. The molecule has 0 aliphatic carbocycles. The number of furan rings is 1. The number of rotatable bonds is 5. The lowest BCUT2D eigenvalue weighted by atomic mass is 9.98. The summed E-state index contributed by atoms with van der Waals surface area (Å²) in [5.41, 5.74) is 4.69. The molecular weight excluding hydrogens is 250 g/mol. The molecule has 0 amide bonds. The maximum Gasteiger partial charge on any atom is 0.125 e. The second-order valence-electron chi connectivity index (χ2n) is 5.43. The van der Waals surface area contributed by atoms with Crippen LogP contribution in [0.25, 0.3) is 11.1 Å². The first kappa shape index (κ1) is 14.7. The molecule has 1 N–H and O–H groups in total. The van der Waals surface area contributed by atoms with Crippen molar-refractivity contribution in [3.63, 3.8) is 0 Å². The Kier molecular flexibility index (Phi) is 4.50. The summed E-state index contributed by atoms with van der Waals surface area (Å²) in [6.07, 6.45) is 1.76. The highest BCUT2D eigenvalue weighted by Gasteiger charge is 2.13. The first-order valence-corrected chi connectivity index (χ1v) is 6.98. The van der Waals surface area contributed by atoms with Crippen molar-refractivity contribution in [2.75, 3.05) is 7.11 Å². The Labute approximate surface area is 121 Å². The third-order valence-electron chi connectivity index (χ3n) is 3.45. The lowest BCUT2D eigenvalue weighted by Crippen LogP contribution is -2.21. The van der Waals surface area contributed by atoms with E-state index < -0.39 is 0 Å². The molecule has 2 rings (SSSR count). The number of hydrogen-bond acceptors (Lipinski definition) is 3. The fourth-order valence-electron chi connectivity index (χ4n) is 2.31. The van der Waals surface area contributed by atoms with Gasteiger partial charge < -0.3 is 14.5 Å². The Bertz CT molecular complexity index is 585. The smallest absolute Gasteiger partial charge is 0.125 e. The Hall–Kier alpha value is -1.74. The second-order valence-corrected chi connectivity index (χ2v) is 5.43. The quantitative estimate of drug-likeness (QED) is 0.891. The van der Waals surface area contributed by atoms with Crippen LogP contribution in [0.5, 0.6) is 5.75 Å². The monoisotopic (exact) mass is 273 g/mol. The van der Waals surface area contributed by atoms with E-state index in [1.54, 1.807) is 13.4 Å². The van der Waals surface area contributed by atoms with E-state index >= 15 is 0 Å². The predicted molar refractivity (Wildman–Crippen MR) is 82.1 cm³/mol. The van der Waals surface area contributed by atoms with Crippen molar-refractivity contribution in [2.24, 2.45) is 0 Å². The van der Waals surface area contributed by atoms with Crippen LogP contribution < -0.4 is 10.1 Å². The van der Waals surface area contributed by atoms with Gasteiger partial charge in [0.05, 0.1) is 19.9 Å². The second kappa shape index (κ2) is 6.14. The summed E-state index contributed by atoms with van der Waals surface area (Å²) >= 11 is 0. The summed E-state index contributed by atoms with van der Waals surface area (Å²) < 4.78 is 11.0. The third kappa shape index (κ3) is 3.05. The fourth-order valence-corrected chi connectivity index (χ4v) is 2.31. The molecular formula is C17H23NO2. The minimum atomic E-state index is 0.437. The third-order valence-corrected chi connectivity index (χ3v) is 3.45. The van der Waals surface area contributed by atoms with Gasteiger partial charge in [-0.1, -0.05) is 13.8 Å². The Morgan fingerprint density at radius 3 is 2.55 bits per heavy atom. The SMILES string of the molecule is COc1cc(C)c(-c2ccoc2CNC(C)C)cc1C. The highest BCUT2D eigenvalue weighted by atomic mass is 16.5. The van der Waals surface area contributed by atoms with Crippen LogP contribution >= 0.6 is 0 Å². The van der Waals surface area contributed by atoms with Gasteiger partial charge in [0.2, 0.25) is 0 Å². The highest BCUT2D eigenvalue weighted by Crippen LogP contribution is 2.32. The maximum atomic E-state index is 5.63. The molecule has 0 unspecified atom stereocenters. The predicted octanol–water partition coefficient (Wildman–Crippen LogP) is 4.07. The first-order chi connectivity index (χ1) is 9.52. The molecule has 0 saturated heterocycles. The molecule has 0 spiro atoms. The van der Waals surface area contributed by atoms with Gasteiger partial charge >= 0.3 is 0 Å². The molecule has 0 aliphatic rings. The summed E-state index contributed by atoms with van der Waals surface area (Å²) in [6, 6.07) is 6.72. The summed E-state index contributed by atoms with van der Waals surface area (Å²) in [4.78, 5) is 0. The number of benzene rings is 1. The van der Waals surface area contributed by atoms with Crippen molar-refractivity contribution in [3.8, 4) is 16.9 Å². The lowest BCUT2D eigenvalue weighted by Gasteiger charge is -2.12. The largest absolute Gasteiger partial charge is 0.496 e. The molecule has 3 nitrogen and oxygen atoms in total. The molecule has 0 radical (unpaired) electrons. The van der Waals surface area contributed by atoms with Gasteiger partial charge in [0.15, 0.2) is 0 Å². The molecule has 108 valence electrons. The van der Waals surface area contributed by atoms with E-state index in [-0.39, 0.29) is 0 Å². The van der Waals surface area contributed by atoms with Gasteiger partial charge in [-0.25, -0.2) is 0 Å². The molecule has 3 heteroatoms. The van der Waals surface area contributed by atoms with E-state index in [0.29, 0.717) is 6.04 Å². The van der Waals surface area contributed by atoms with E-state index in [1.807, 2.05) is 6.07 Å². The van der Waals surface area contributed by atoms with Crippen molar-refractivity contribution >= 4 is 0 Å². The number of hydrogen-bond donors (Lipinski definition) is 1. The van der Waals surface area contributed by atoms with Gasteiger partial charge in [-0.15, -0.1) is 0 Å². The average molecular weight is 273 g/mol. The maximum absolute atomic E-state index is 5.63. The van der Waals surface area contributed by atoms with Crippen LogP contribution in [0.4, 0.5) is 0 Å². The zero-order valence-corrected chi connectivity index (χ0v) is 12.9. The average Bonchev–Trinajstić information content (AvgIpc) is 2.86. The number of ether oxygens (including phenoxy) is 1. The zero-order valence-electron chi connectivity index (χ0n) is 12.9. The molecule has 1 aromatic carbocycles. The first-order valence-electron chi connectivity index (χ1n) is 6.98. The molecule has 1 heterocycles. The van der Waals surface area contributed by atoms with Crippen LogP contribution in [-0.2, 0) is 6.54 Å². The number of aryl methyl sites for hydroxylation is 2. The van der Waals surface area contributed by atoms with Crippen molar-refractivity contribution < 1.29 is 9.15 Å². The normalized spacial score (nSPS) is 11.1. The van der Waals surface area contributed by atoms with Gasteiger partial charge in [0.1, 0.15) is 11.5 Å². The van der Waals surface area contributed by atoms with E-state index in [2.05, 4.69) is 45.1 Å². The molecule has 0 saturated carbocycles. The minimum Gasteiger partial charge on any atom is -0.496 e. The van der Waals surface area contributed by atoms with Crippen LogP contribution in [0.3, 0.4) is 0 Å². The molecule has 0 atom stereocenters. The molecule has 2 aromatic rings. The standard InChI is InChI=1S/C17H23NO2/c1-11(2)18-10-17-14(6-7-20-17)15-8-13(4)16(19-5)9-12(15)3/h6-9,11,18H,10H2,1-5H3. The van der Waals surface area contributed by atoms with E-state index in [0.717, 1.165) is 29.2 Å². The van der Waals surface area contributed by atoms with Crippen LogP contribution in [0.2, 0.25) is 0 Å². The van der Waals surface area contributed by atoms with Gasteiger partial charge in [-0.05, 0) is 48.7 Å². The van der Waals surface area contributed by atoms with Crippen molar-refractivity contribution in [3.05, 3.63) is 41.3 Å². The molecule has 0 aliphatic heterocycles. The number of methoxy groups -OCH3 is 1. The molecule has 20 heavy (non-hydrogen) atoms. The summed E-state index contributed by atoms with van der Waals surface area (Å²) in [7, 11) is 1.71. The molecule has 0 bridgehead atoms. The Morgan fingerprint density at radius 1 is 1.15 bits per heavy atom. The fraction of sp³-hybridized carbons (Fsp3) is 0.412. The summed E-state index contributed by atoms with van der Waals surface area (Å²) in [6.45, 7) is 9.17. The Balaban J connectivity index is 2.37. The summed E-state index contributed by atoms with van der Waals surface area (Å²) in [5, 5.41) is 3.40. The molecule has 0 fully saturated rings. The van der Waals surface area contributed by atoms with Crippen molar-refractivity contribution in [1.82, 2.24) is 5.32 Å². The van der Waals surface area contributed by atoms with E-state index in [9.17, 15) is 0 Å². The zero-order chi connectivity index (χ0) is 14.7. The van der Waals surface area contributed by atoms with Crippen LogP contribution in [0.1, 0.15) is 30.7 Å². The van der Waals surface area contributed by atoms with E-state index in [4.69, 9.17) is 9.15 Å². The van der Waals surface area contributed by atoms with Crippen molar-refractivity contribution in [2.45, 2.75) is 40.3 Å².